The van der Waals surface area contributed by atoms with Crippen LogP contribution in [0.4, 0.5) is 0 Å². The van der Waals surface area contributed by atoms with Crippen LogP contribution in [-0.2, 0) is 9.47 Å². The first kappa shape index (κ1) is 12.3. The number of aliphatic hydroxyl groups is 2. The van der Waals surface area contributed by atoms with Crippen LogP contribution in [0.3, 0.4) is 0 Å². The molecule has 0 amide bonds. The molecule has 6 heteroatoms. The van der Waals surface area contributed by atoms with E-state index in [1.807, 2.05) is 0 Å². The molecule has 4 unspecified atom stereocenters. The minimum Gasteiger partial charge on any atom is -0.394 e. The van der Waals surface area contributed by atoms with Gasteiger partial charge in [0.25, 0.3) is 0 Å². The highest BCUT2D eigenvalue weighted by Gasteiger charge is 2.44. The fourth-order valence-electron chi connectivity index (χ4n) is 2.02. The fourth-order valence-corrected chi connectivity index (χ4v) is 2.02. The maximum Gasteiger partial charge on any atom is 0.247 e. The van der Waals surface area contributed by atoms with Crippen LogP contribution in [0, 0.1) is 0 Å². The molecule has 0 bridgehead atoms. The number of ether oxygens (including phenoxy) is 2. The molecule has 1 aliphatic heterocycles. The van der Waals surface area contributed by atoms with Gasteiger partial charge < -0.3 is 24.7 Å². The van der Waals surface area contributed by atoms with E-state index in [-0.39, 0.29) is 12.2 Å². The van der Waals surface area contributed by atoms with E-state index in [0.717, 1.165) is 0 Å². The van der Waals surface area contributed by atoms with E-state index >= 15 is 0 Å². The smallest absolute Gasteiger partial charge is 0.247 e. The van der Waals surface area contributed by atoms with Crippen LogP contribution in [0.1, 0.15) is 11.7 Å². The van der Waals surface area contributed by atoms with E-state index in [4.69, 9.17) is 14.6 Å². The van der Waals surface area contributed by atoms with E-state index in [2.05, 4.69) is 4.98 Å². The number of hydrogen-bond acceptors (Lipinski definition) is 5. The molecule has 0 radical (unpaired) electrons. The maximum atomic E-state index is 11.0. The molecule has 3 N–H and O–H groups in total. The van der Waals surface area contributed by atoms with Gasteiger partial charge in [-0.1, -0.05) is 0 Å². The Morgan fingerprint density at radius 3 is 2.82 bits per heavy atom. The summed E-state index contributed by atoms with van der Waals surface area (Å²) in [6.45, 7) is -0.277. The molecule has 4 atom stereocenters. The van der Waals surface area contributed by atoms with Crippen molar-refractivity contribution in [3.63, 3.8) is 0 Å². The maximum absolute atomic E-state index is 11.0. The number of aromatic nitrogens is 1. The van der Waals surface area contributed by atoms with Crippen LogP contribution >= 0.6 is 0 Å². The highest BCUT2D eigenvalue weighted by molar-refractivity contribution is 5.16. The number of H-pyrrole nitrogens is 1. The summed E-state index contributed by atoms with van der Waals surface area (Å²) >= 11 is 0. The second-order valence-corrected chi connectivity index (χ2v) is 3.95. The molecular weight excluding hydrogens is 226 g/mol. The molecule has 1 fully saturated rings. The van der Waals surface area contributed by atoms with Crippen LogP contribution in [0.2, 0.25) is 0 Å². The number of pyridine rings is 1. The second-order valence-electron chi connectivity index (χ2n) is 3.95. The van der Waals surface area contributed by atoms with Crippen molar-refractivity contribution in [2.24, 2.45) is 0 Å². The standard InChI is InChI=1S/C11H15NO5/c1-16-11-9(15)7(5-13)17-10(11)6-2-3-8(14)12-4-6/h2-4,7,9-11,13,15H,5H2,1H3,(H,12,14). The highest BCUT2D eigenvalue weighted by atomic mass is 16.6. The Kier molecular flexibility index (Phi) is 3.58. The monoisotopic (exact) mass is 241 g/mol. The first-order valence-electron chi connectivity index (χ1n) is 5.33. The molecular formula is C11H15NO5. The average molecular weight is 241 g/mol. The summed E-state index contributed by atoms with van der Waals surface area (Å²) in [6, 6.07) is 2.99. The number of hydrogen-bond donors (Lipinski definition) is 3. The third-order valence-electron chi connectivity index (χ3n) is 2.93. The van der Waals surface area contributed by atoms with Crippen LogP contribution in [-0.4, -0.2) is 47.2 Å². The zero-order valence-corrected chi connectivity index (χ0v) is 9.37. The molecule has 1 aliphatic rings. The number of rotatable bonds is 3. The van der Waals surface area contributed by atoms with E-state index in [1.165, 1.54) is 19.4 Å². The van der Waals surface area contributed by atoms with Crippen molar-refractivity contribution in [2.75, 3.05) is 13.7 Å². The summed E-state index contributed by atoms with van der Waals surface area (Å²) in [5.41, 5.74) is 0.492. The number of aromatic amines is 1. The van der Waals surface area contributed by atoms with Gasteiger partial charge in [0.15, 0.2) is 0 Å². The topological polar surface area (TPSA) is 91.8 Å². The largest absolute Gasteiger partial charge is 0.394 e. The van der Waals surface area contributed by atoms with Gasteiger partial charge in [0.2, 0.25) is 5.56 Å². The van der Waals surface area contributed by atoms with Gasteiger partial charge in [0, 0.05) is 19.4 Å². The molecule has 0 aromatic carbocycles. The summed E-state index contributed by atoms with van der Waals surface area (Å²) in [5, 5.41) is 18.9. The molecule has 0 saturated carbocycles. The molecule has 0 aliphatic carbocycles. The van der Waals surface area contributed by atoms with E-state index < -0.39 is 24.4 Å². The normalized spacial score (nSPS) is 32.9. The summed E-state index contributed by atoms with van der Waals surface area (Å²) in [7, 11) is 1.47. The highest BCUT2D eigenvalue weighted by Crippen LogP contribution is 2.34. The summed E-state index contributed by atoms with van der Waals surface area (Å²) in [6.07, 6.45) is -1.09. The van der Waals surface area contributed by atoms with Gasteiger partial charge in [-0.25, -0.2) is 0 Å². The lowest BCUT2D eigenvalue weighted by molar-refractivity contribution is -0.0234. The Labute approximate surface area is 97.8 Å². The third kappa shape index (κ3) is 2.25. The molecule has 94 valence electrons. The molecule has 2 rings (SSSR count). The Balaban J connectivity index is 2.25. The third-order valence-corrected chi connectivity index (χ3v) is 2.93. The van der Waals surface area contributed by atoms with Crippen molar-refractivity contribution in [2.45, 2.75) is 24.4 Å². The number of aliphatic hydroxyl groups excluding tert-OH is 2. The number of nitrogens with one attached hydrogen (secondary N) is 1. The summed E-state index contributed by atoms with van der Waals surface area (Å²) < 4.78 is 10.7. The van der Waals surface area contributed by atoms with Gasteiger partial charge in [-0.15, -0.1) is 0 Å². The van der Waals surface area contributed by atoms with Gasteiger partial charge in [-0.05, 0) is 11.6 Å². The molecule has 1 aromatic rings. The summed E-state index contributed by atoms with van der Waals surface area (Å²) in [4.78, 5) is 13.5. The number of methoxy groups -OCH3 is 1. The van der Waals surface area contributed by atoms with Crippen LogP contribution in [0.25, 0.3) is 0 Å². The molecule has 1 saturated heterocycles. The zero-order chi connectivity index (χ0) is 12.4. The Hall–Kier alpha value is -1.21. The minimum atomic E-state index is -0.887. The lowest BCUT2D eigenvalue weighted by Crippen LogP contribution is -2.33. The molecule has 0 spiro atoms. The lowest BCUT2D eigenvalue weighted by atomic mass is 10.0. The van der Waals surface area contributed by atoms with Gasteiger partial charge in [-0.2, -0.15) is 0 Å². The van der Waals surface area contributed by atoms with Crippen molar-refractivity contribution in [3.8, 4) is 0 Å². The predicted octanol–water partition coefficient (Wildman–Crippen LogP) is -0.817. The minimum absolute atomic E-state index is 0.208. The average Bonchev–Trinajstić information content (AvgIpc) is 2.66. The summed E-state index contributed by atoms with van der Waals surface area (Å²) in [5.74, 6) is 0. The molecule has 17 heavy (non-hydrogen) atoms. The van der Waals surface area contributed by atoms with Gasteiger partial charge in [-0.3, -0.25) is 4.79 Å². The van der Waals surface area contributed by atoms with Gasteiger partial charge in [0.1, 0.15) is 24.4 Å². The zero-order valence-electron chi connectivity index (χ0n) is 9.37. The lowest BCUT2D eigenvalue weighted by Gasteiger charge is -2.18. The first-order valence-corrected chi connectivity index (χ1v) is 5.33. The Morgan fingerprint density at radius 1 is 1.53 bits per heavy atom. The first-order chi connectivity index (χ1) is 8.17. The van der Waals surface area contributed by atoms with Crippen molar-refractivity contribution in [1.82, 2.24) is 4.98 Å². The van der Waals surface area contributed by atoms with Crippen molar-refractivity contribution >= 4 is 0 Å². The van der Waals surface area contributed by atoms with E-state index in [0.29, 0.717) is 5.56 Å². The molecule has 1 aromatic heterocycles. The fraction of sp³-hybridized carbons (Fsp3) is 0.545. The Morgan fingerprint density at radius 2 is 2.29 bits per heavy atom. The Bertz CT molecular complexity index is 412. The van der Waals surface area contributed by atoms with Crippen LogP contribution in [0.15, 0.2) is 23.1 Å². The van der Waals surface area contributed by atoms with Crippen LogP contribution < -0.4 is 5.56 Å². The van der Waals surface area contributed by atoms with Gasteiger partial charge >= 0.3 is 0 Å². The second kappa shape index (κ2) is 4.97. The predicted molar refractivity (Wildman–Crippen MR) is 58.6 cm³/mol. The van der Waals surface area contributed by atoms with Crippen molar-refractivity contribution in [1.29, 1.82) is 0 Å². The molecule has 6 nitrogen and oxygen atoms in total. The quantitative estimate of drug-likeness (QED) is 0.643. The van der Waals surface area contributed by atoms with E-state index in [1.54, 1.807) is 6.07 Å². The SMILES string of the molecule is COC1C(c2ccc(=O)[nH]c2)OC(CO)C1O. The van der Waals surface area contributed by atoms with E-state index in [9.17, 15) is 9.90 Å². The van der Waals surface area contributed by atoms with Crippen LogP contribution in [0.5, 0.6) is 0 Å². The van der Waals surface area contributed by atoms with Crippen molar-refractivity contribution < 1.29 is 19.7 Å². The molecule has 2 heterocycles. The van der Waals surface area contributed by atoms with Gasteiger partial charge in [0.05, 0.1) is 6.61 Å². The van der Waals surface area contributed by atoms with Crippen molar-refractivity contribution in [3.05, 3.63) is 34.2 Å².